The summed E-state index contributed by atoms with van der Waals surface area (Å²) >= 11 is 0. The maximum atomic E-state index is 13.5. The first kappa shape index (κ1) is 36.0. The van der Waals surface area contributed by atoms with E-state index in [0.29, 0.717) is 6.61 Å². The molecule has 10 heteroatoms. The Hall–Kier alpha value is -3.48. The van der Waals surface area contributed by atoms with Crippen molar-refractivity contribution in [2.75, 3.05) is 40.3 Å². The number of hydrogen-bond donors (Lipinski definition) is 2. The van der Waals surface area contributed by atoms with Gasteiger partial charge in [0.2, 0.25) is 6.10 Å². The van der Waals surface area contributed by atoms with Crippen LogP contribution in [0.25, 0.3) is 0 Å². The van der Waals surface area contributed by atoms with Gasteiger partial charge in [-0.15, -0.1) is 0 Å². The van der Waals surface area contributed by atoms with Crippen LogP contribution in [-0.4, -0.2) is 80.1 Å². The summed E-state index contributed by atoms with van der Waals surface area (Å²) < 4.78 is 33.5. The van der Waals surface area contributed by atoms with Gasteiger partial charge in [-0.25, -0.2) is 4.79 Å². The Morgan fingerprint density at radius 1 is 0.778 bits per heavy atom. The molecule has 0 radical (unpaired) electrons. The lowest BCUT2D eigenvalue weighted by atomic mass is 10.00. The summed E-state index contributed by atoms with van der Waals surface area (Å²) in [6, 6.07) is 28.0. The largest absolute Gasteiger partial charge is 0.459 e. The molecule has 2 unspecified atom stereocenters. The van der Waals surface area contributed by atoms with Gasteiger partial charge in [0, 0.05) is 20.0 Å². The maximum absolute atomic E-state index is 13.5. The predicted octanol–water partition coefficient (Wildman–Crippen LogP) is 4.00. The van der Waals surface area contributed by atoms with Crippen LogP contribution >= 0.6 is 0 Å². The highest BCUT2D eigenvalue weighted by atomic mass is 16.7. The lowest BCUT2D eigenvalue weighted by molar-refractivity contribution is -0.195. The number of benzene rings is 3. The summed E-state index contributed by atoms with van der Waals surface area (Å²) in [6.07, 6.45) is -2.69. The van der Waals surface area contributed by atoms with Crippen molar-refractivity contribution in [3.63, 3.8) is 0 Å². The molecule has 0 saturated heterocycles. The third-order valence-corrected chi connectivity index (χ3v) is 6.91. The van der Waals surface area contributed by atoms with Crippen molar-refractivity contribution >= 4 is 11.8 Å². The molecule has 244 valence electrons. The number of hydrogen-bond acceptors (Lipinski definition) is 10. The second-order valence-corrected chi connectivity index (χ2v) is 10.6. The number of ether oxygens (including phenoxy) is 6. The second-order valence-electron chi connectivity index (χ2n) is 10.6. The highest BCUT2D eigenvalue weighted by Crippen LogP contribution is 2.23. The van der Waals surface area contributed by atoms with E-state index in [2.05, 4.69) is 0 Å². The molecule has 0 amide bonds. The van der Waals surface area contributed by atoms with E-state index < -0.39 is 36.2 Å². The molecule has 45 heavy (non-hydrogen) atoms. The van der Waals surface area contributed by atoms with Crippen molar-refractivity contribution in [1.29, 1.82) is 0 Å². The van der Waals surface area contributed by atoms with Crippen LogP contribution in [0, 0.1) is 0 Å². The first-order valence-electron chi connectivity index (χ1n) is 14.9. The number of ketones is 1. The normalized spacial score (nSPS) is 13.9. The van der Waals surface area contributed by atoms with Gasteiger partial charge in [0.1, 0.15) is 19.0 Å². The fourth-order valence-electron chi connectivity index (χ4n) is 4.37. The molecule has 3 atom stereocenters. The van der Waals surface area contributed by atoms with Crippen LogP contribution in [0.3, 0.4) is 0 Å². The molecule has 3 rings (SSSR count). The van der Waals surface area contributed by atoms with Gasteiger partial charge in [-0.2, -0.15) is 0 Å². The van der Waals surface area contributed by atoms with Crippen LogP contribution < -0.4 is 0 Å². The van der Waals surface area contributed by atoms with Crippen molar-refractivity contribution < 1.29 is 48.2 Å². The fourth-order valence-corrected chi connectivity index (χ4v) is 4.37. The van der Waals surface area contributed by atoms with E-state index in [1.54, 1.807) is 12.1 Å². The third kappa shape index (κ3) is 13.6. The molecule has 0 aromatic heterocycles. The molecule has 0 saturated carbocycles. The zero-order valence-corrected chi connectivity index (χ0v) is 25.8. The van der Waals surface area contributed by atoms with Crippen molar-refractivity contribution in [3.8, 4) is 0 Å². The fraction of sp³-hybridized carbons (Fsp3) is 0.429. The van der Waals surface area contributed by atoms with Gasteiger partial charge in [0.25, 0.3) is 0 Å². The van der Waals surface area contributed by atoms with Crippen LogP contribution in [0.15, 0.2) is 91.0 Å². The van der Waals surface area contributed by atoms with Crippen LogP contribution in [0.1, 0.15) is 36.0 Å². The standard InChI is InChI=1S/C35H44O10/c1-40-27-41-20-19-35(25-36,26-43-22-29-13-7-3-8-14-29)45-33(34(39)44-23-30-15-9-4-10-16-30)32(38)18-17-31(37)24-42-21-28-11-5-2-6-12-28/h2-16,31,33,36-37H,17-27H2,1H3/t31-,33?,35?/m1/s1. The van der Waals surface area contributed by atoms with Crippen molar-refractivity contribution in [2.24, 2.45) is 0 Å². The number of aliphatic hydroxyl groups is 2. The molecule has 3 aromatic rings. The van der Waals surface area contributed by atoms with E-state index >= 15 is 0 Å². The smallest absolute Gasteiger partial charge is 0.343 e. The van der Waals surface area contributed by atoms with E-state index in [4.69, 9.17) is 28.4 Å². The highest BCUT2D eigenvalue weighted by Gasteiger charge is 2.40. The van der Waals surface area contributed by atoms with Gasteiger partial charge < -0.3 is 38.6 Å². The average Bonchev–Trinajstić information content (AvgIpc) is 3.08. The van der Waals surface area contributed by atoms with Gasteiger partial charge in [-0.1, -0.05) is 91.0 Å². The molecule has 2 N–H and O–H groups in total. The molecule has 0 aliphatic heterocycles. The minimum Gasteiger partial charge on any atom is -0.459 e. The quantitative estimate of drug-likeness (QED) is 0.0691. The molecule has 0 aliphatic carbocycles. The SMILES string of the molecule is COCOCCC(CO)(COCc1ccccc1)OC(C(=O)CC[C@@H](O)COCc1ccccc1)C(=O)OCc1ccccc1. The van der Waals surface area contributed by atoms with Crippen LogP contribution in [0.2, 0.25) is 0 Å². The van der Waals surface area contributed by atoms with Crippen molar-refractivity contribution in [2.45, 2.75) is 56.9 Å². The molecule has 0 heterocycles. The van der Waals surface area contributed by atoms with E-state index in [1.807, 2.05) is 78.9 Å². The van der Waals surface area contributed by atoms with Gasteiger partial charge in [-0.3, -0.25) is 4.79 Å². The van der Waals surface area contributed by atoms with E-state index in [1.165, 1.54) is 7.11 Å². The minimum atomic E-state index is -1.68. The molecule has 0 bridgehead atoms. The Bertz CT molecular complexity index is 1220. The Morgan fingerprint density at radius 3 is 1.89 bits per heavy atom. The lowest BCUT2D eigenvalue weighted by Crippen LogP contribution is -2.50. The Labute approximate surface area is 264 Å². The average molecular weight is 625 g/mol. The molecular weight excluding hydrogens is 580 g/mol. The number of carbonyl (C=O) groups excluding carboxylic acids is 2. The number of aliphatic hydroxyl groups excluding tert-OH is 2. The summed E-state index contributed by atoms with van der Waals surface area (Å²) in [4.78, 5) is 26.9. The molecule has 3 aromatic carbocycles. The predicted molar refractivity (Wildman–Crippen MR) is 166 cm³/mol. The Kier molecular flexibility index (Phi) is 16.4. The summed E-state index contributed by atoms with van der Waals surface area (Å²) in [5, 5.41) is 21.0. The van der Waals surface area contributed by atoms with Gasteiger partial charge in [0.15, 0.2) is 5.78 Å². The molecule has 10 nitrogen and oxygen atoms in total. The second kappa shape index (κ2) is 20.5. The first-order valence-corrected chi connectivity index (χ1v) is 14.9. The number of rotatable bonds is 23. The Morgan fingerprint density at radius 2 is 1.33 bits per heavy atom. The summed E-state index contributed by atoms with van der Waals surface area (Å²) in [5.74, 6) is -1.51. The van der Waals surface area contributed by atoms with E-state index in [9.17, 15) is 19.8 Å². The Balaban J connectivity index is 1.69. The summed E-state index contributed by atoms with van der Waals surface area (Å²) in [6.45, 7) is -0.121. The lowest BCUT2D eigenvalue weighted by Gasteiger charge is -2.34. The van der Waals surface area contributed by atoms with Crippen molar-refractivity contribution in [3.05, 3.63) is 108 Å². The zero-order chi connectivity index (χ0) is 32.2. The number of methoxy groups -OCH3 is 1. The monoisotopic (exact) mass is 624 g/mol. The number of esters is 1. The minimum absolute atomic E-state index is 0.0108. The number of Topliss-reactive ketones (excluding diaryl/α,β-unsaturated/α-hetero) is 1. The summed E-state index contributed by atoms with van der Waals surface area (Å²) in [7, 11) is 1.48. The number of carbonyl (C=O) groups is 2. The van der Waals surface area contributed by atoms with Crippen LogP contribution in [0.5, 0.6) is 0 Å². The highest BCUT2D eigenvalue weighted by molar-refractivity contribution is 6.02. The summed E-state index contributed by atoms with van der Waals surface area (Å²) in [5.41, 5.74) is 1.11. The van der Waals surface area contributed by atoms with Crippen LogP contribution in [-0.2, 0) is 57.8 Å². The van der Waals surface area contributed by atoms with Gasteiger partial charge in [-0.05, 0) is 23.1 Å². The van der Waals surface area contributed by atoms with E-state index in [0.717, 1.165) is 16.7 Å². The first-order chi connectivity index (χ1) is 21.9. The van der Waals surface area contributed by atoms with Gasteiger partial charge in [0.05, 0.1) is 45.7 Å². The van der Waals surface area contributed by atoms with E-state index in [-0.39, 0.29) is 59.1 Å². The molecule has 0 spiro atoms. The van der Waals surface area contributed by atoms with Crippen molar-refractivity contribution in [1.82, 2.24) is 0 Å². The zero-order valence-electron chi connectivity index (χ0n) is 25.8. The molecule has 0 fully saturated rings. The van der Waals surface area contributed by atoms with Gasteiger partial charge >= 0.3 is 5.97 Å². The maximum Gasteiger partial charge on any atom is 0.343 e. The molecular formula is C35H44O10. The van der Waals surface area contributed by atoms with Crippen LogP contribution in [0.4, 0.5) is 0 Å². The third-order valence-electron chi connectivity index (χ3n) is 6.91. The topological polar surface area (TPSA) is 130 Å². The molecule has 0 aliphatic rings.